The third kappa shape index (κ3) is 4.93. The zero-order chi connectivity index (χ0) is 20.1. The van der Waals surface area contributed by atoms with Crippen LogP contribution in [-0.2, 0) is 0 Å². The molecule has 0 spiro atoms. The van der Waals surface area contributed by atoms with Crippen molar-refractivity contribution in [1.29, 1.82) is 0 Å². The minimum atomic E-state index is -0.00782. The molecule has 1 aromatic carbocycles. The minimum absolute atomic E-state index is 0.00782. The number of carbonyl (C=O) groups excluding carboxylic acids is 1. The predicted molar refractivity (Wildman–Crippen MR) is 118 cm³/mol. The highest BCUT2D eigenvalue weighted by molar-refractivity contribution is 7.10. The molecule has 1 saturated heterocycles. The summed E-state index contributed by atoms with van der Waals surface area (Å²) in [4.78, 5) is 21.2. The van der Waals surface area contributed by atoms with Gasteiger partial charge >= 0.3 is 0 Å². The van der Waals surface area contributed by atoms with Gasteiger partial charge in [-0.25, -0.2) is 0 Å². The molecule has 1 amide bonds. The number of nitrogens with zero attached hydrogens (tertiary/aromatic N) is 3. The Kier molecular flexibility index (Phi) is 7.10. The van der Waals surface area contributed by atoms with Crippen molar-refractivity contribution in [2.24, 2.45) is 0 Å². The first-order valence-electron chi connectivity index (χ1n) is 10.1. The molecule has 5 nitrogen and oxygen atoms in total. The molecule has 152 valence electrons. The Bertz CT molecular complexity index is 736. The molecule has 3 rings (SSSR count). The molecule has 1 fully saturated rings. The largest absolute Gasteiger partial charge is 0.378 e. The first-order chi connectivity index (χ1) is 13.5. The third-order valence-corrected chi connectivity index (χ3v) is 6.50. The molecule has 0 radical (unpaired) electrons. The standard InChI is InChI=1S/C22H32N4OS/c1-5-25-12-14-26(15-13-25)21(20-7-6-16-28-20)17(2)23-22(27)18-8-10-19(11-9-18)24(3)4/h6-11,16-17,21H,5,12-15H2,1-4H3,(H,23,27)/t17-,21+/m1/s1. The molecule has 2 heterocycles. The van der Waals surface area contributed by atoms with Crippen LogP contribution >= 0.6 is 11.3 Å². The Balaban J connectivity index is 1.70. The summed E-state index contributed by atoms with van der Waals surface area (Å²) in [6, 6.07) is 12.3. The summed E-state index contributed by atoms with van der Waals surface area (Å²) in [7, 11) is 4.00. The number of hydrogen-bond donors (Lipinski definition) is 1. The van der Waals surface area contributed by atoms with Crippen LogP contribution in [0, 0.1) is 0 Å². The van der Waals surface area contributed by atoms with Gasteiger partial charge in [0.1, 0.15) is 0 Å². The lowest BCUT2D eigenvalue weighted by Crippen LogP contribution is -2.52. The normalized spacial score (nSPS) is 17.9. The number of thiophene rings is 1. The summed E-state index contributed by atoms with van der Waals surface area (Å²) in [6.07, 6.45) is 0. The average Bonchev–Trinajstić information content (AvgIpc) is 3.23. The zero-order valence-electron chi connectivity index (χ0n) is 17.4. The second-order valence-electron chi connectivity index (χ2n) is 7.63. The Hall–Kier alpha value is -1.89. The topological polar surface area (TPSA) is 38.8 Å². The maximum absolute atomic E-state index is 12.8. The van der Waals surface area contributed by atoms with Crippen molar-refractivity contribution >= 4 is 22.9 Å². The molecule has 1 N–H and O–H groups in total. The summed E-state index contributed by atoms with van der Waals surface area (Å²) in [5.41, 5.74) is 1.80. The van der Waals surface area contributed by atoms with E-state index in [9.17, 15) is 4.79 Å². The molecule has 2 aromatic rings. The lowest BCUT2D eigenvalue weighted by atomic mass is 10.0. The lowest BCUT2D eigenvalue weighted by molar-refractivity contribution is 0.0753. The number of rotatable bonds is 7. The molecule has 0 saturated carbocycles. The Morgan fingerprint density at radius 2 is 1.82 bits per heavy atom. The molecule has 1 aliphatic rings. The third-order valence-electron chi connectivity index (χ3n) is 5.56. The fourth-order valence-electron chi connectivity index (χ4n) is 3.84. The van der Waals surface area contributed by atoms with E-state index in [-0.39, 0.29) is 18.0 Å². The van der Waals surface area contributed by atoms with Crippen molar-refractivity contribution in [3.05, 3.63) is 52.2 Å². The smallest absolute Gasteiger partial charge is 0.251 e. The van der Waals surface area contributed by atoms with Gasteiger partial charge in [-0.3, -0.25) is 9.69 Å². The van der Waals surface area contributed by atoms with Crippen molar-refractivity contribution in [2.75, 3.05) is 51.7 Å². The predicted octanol–water partition coefficient (Wildman–Crippen LogP) is 3.31. The molecule has 0 unspecified atom stereocenters. The van der Waals surface area contributed by atoms with Gasteiger partial charge in [-0.15, -0.1) is 11.3 Å². The summed E-state index contributed by atoms with van der Waals surface area (Å²) in [5.74, 6) is -0.00782. The maximum Gasteiger partial charge on any atom is 0.251 e. The maximum atomic E-state index is 12.8. The van der Waals surface area contributed by atoms with E-state index in [2.05, 4.69) is 46.5 Å². The van der Waals surface area contributed by atoms with E-state index >= 15 is 0 Å². The molecule has 6 heteroatoms. The van der Waals surface area contributed by atoms with Crippen molar-refractivity contribution < 1.29 is 4.79 Å². The summed E-state index contributed by atoms with van der Waals surface area (Å²) >= 11 is 1.78. The van der Waals surface area contributed by atoms with Crippen molar-refractivity contribution in [3.63, 3.8) is 0 Å². The van der Waals surface area contributed by atoms with E-state index in [4.69, 9.17) is 0 Å². The van der Waals surface area contributed by atoms with Crippen LogP contribution in [0.5, 0.6) is 0 Å². The first kappa shape index (κ1) is 20.8. The molecule has 28 heavy (non-hydrogen) atoms. The number of piperazine rings is 1. The second-order valence-corrected chi connectivity index (χ2v) is 8.61. The number of amides is 1. The minimum Gasteiger partial charge on any atom is -0.378 e. The fraction of sp³-hybridized carbons (Fsp3) is 0.500. The Morgan fingerprint density at radius 3 is 2.36 bits per heavy atom. The highest BCUT2D eigenvalue weighted by Crippen LogP contribution is 2.29. The number of likely N-dealkylation sites (N-methyl/N-ethyl adjacent to an activating group) is 1. The van der Waals surface area contributed by atoms with Crippen molar-refractivity contribution in [3.8, 4) is 0 Å². The number of carbonyl (C=O) groups is 1. The fourth-order valence-corrected chi connectivity index (χ4v) is 4.80. The van der Waals surface area contributed by atoms with Gasteiger partial charge in [0.05, 0.1) is 6.04 Å². The molecule has 1 aromatic heterocycles. The highest BCUT2D eigenvalue weighted by atomic mass is 32.1. The van der Waals surface area contributed by atoms with Gasteiger partial charge in [0.2, 0.25) is 0 Å². The lowest BCUT2D eigenvalue weighted by Gasteiger charge is -2.41. The van der Waals surface area contributed by atoms with Crippen LogP contribution in [-0.4, -0.2) is 68.6 Å². The number of benzene rings is 1. The van der Waals surface area contributed by atoms with Gasteiger partial charge in [-0.1, -0.05) is 13.0 Å². The van der Waals surface area contributed by atoms with E-state index in [0.717, 1.165) is 38.4 Å². The van der Waals surface area contributed by atoms with Crippen molar-refractivity contribution in [1.82, 2.24) is 15.1 Å². The van der Waals surface area contributed by atoms with Gasteiger partial charge in [-0.05, 0) is 49.2 Å². The molecule has 0 aliphatic carbocycles. The monoisotopic (exact) mass is 400 g/mol. The highest BCUT2D eigenvalue weighted by Gasteiger charge is 2.30. The van der Waals surface area contributed by atoms with E-state index in [0.29, 0.717) is 5.56 Å². The van der Waals surface area contributed by atoms with Gasteiger partial charge in [0.15, 0.2) is 0 Å². The number of hydrogen-bond acceptors (Lipinski definition) is 5. The van der Waals surface area contributed by atoms with Crippen LogP contribution in [0.3, 0.4) is 0 Å². The van der Waals surface area contributed by atoms with E-state index in [1.54, 1.807) is 11.3 Å². The van der Waals surface area contributed by atoms with Crippen molar-refractivity contribution in [2.45, 2.75) is 25.9 Å². The summed E-state index contributed by atoms with van der Waals surface area (Å²) < 4.78 is 0. The first-order valence-corrected chi connectivity index (χ1v) is 11.0. The molecular weight excluding hydrogens is 368 g/mol. The second kappa shape index (κ2) is 9.54. The van der Waals surface area contributed by atoms with Crippen LogP contribution in [0.1, 0.15) is 35.1 Å². The SMILES string of the molecule is CCN1CCN([C@H](c2cccs2)[C@@H](C)NC(=O)c2ccc(N(C)C)cc2)CC1. The zero-order valence-corrected chi connectivity index (χ0v) is 18.2. The van der Waals surface area contributed by atoms with Crippen LogP contribution < -0.4 is 10.2 Å². The molecule has 0 bridgehead atoms. The number of anilines is 1. The van der Waals surface area contributed by atoms with E-state index in [1.807, 2.05) is 43.3 Å². The Morgan fingerprint density at radius 1 is 1.14 bits per heavy atom. The van der Waals surface area contributed by atoms with Crippen LogP contribution in [0.4, 0.5) is 5.69 Å². The van der Waals surface area contributed by atoms with Gasteiger partial charge in [0, 0.05) is 62.4 Å². The molecule has 2 atom stereocenters. The summed E-state index contributed by atoms with van der Waals surface area (Å²) in [5, 5.41) is 5.38. The average molecular weight is 401 g/mol. The molecular formula is C22H32N4OS. The van der Waals surface area contributed by atoms with E-state index in [1.165, 1.54) is 4.88 Å². The quantitative estimate of drug-likeness (QED) is 0.774. The van der Waals surface area contributed by atoms with Gasteiger partial charge in [-0.2, -0.15) is 0 Å². The Labute approximate surface area is 172 Å². The van der Waals surface area contributed by atoms with Gasteiger partial charge < -0.3 is 15.1 Å². The van der Waals surface area contributed by atoms with E-state index < -0.39 is 0 Å². The molecule has 1 aliphatic heterocycles. The van der Waals surface area contributed by atoms with Crippen LogP contribution in [0.15, 0.2) is 41.8 Å². The number of nitrogens with one attached hydrogen (secondary N) is 1. The van der Waals surface area contributed by atoms with Crippen LogP contribution in [0.2, 0.25) is 0 Å². The van der Waals surface area contributed by atoms with Gasteiger partial charge in [0.25, 0.3) is 5.91 Å². The summed E-state index contributed by atoms with van der Waals surface area (Å²) in [6.45, 7) is 9.70. The van der Waals surface area contributed by atoms with Crippen LogP contribution in [0.25, 0.3) is 0 Å².